The minimum Gasteiger partial charge on any atom is -0.345 e. The van der Waals surface area contributed by atoms with E-state index in [2.05, 4.69) is 20.8 Å². The Morgan fingerprint density at radius 3 is 2.50 bits per heavy atom. The number of carbonyl (C=O) groups excluding carboxylic acids is 2. The van der Waals surface area contributed by atoms with E-state index in [1.165, 1.54) is 23.1 Å². The van der Waals surface area contributed by atoms with E-state index < -0.39 is 0 Å². The van der Waals surface area contributed by atoms with Crippen LogP contribution < -0.4 is 10.6 Å². The Morgan fingerprint density at radius 2 is 1.79 bits per heavy atom. The molecule has 2 N–H and O–H groups in total. The molecule has 28 heavy (non-hydrogen) atoms. The highest BCUT2D eigenvalue weighted by Crippen LogP contribution is 2.23. The van der Waals surface area contributed by atoms with Gasteiger partial charge in [-0.05, 0) is 31.5 Å². The summed E-state index contributed by atoms with van der Waals surface area (Å²) < 4.78 is 0.746. The van der Waals surface area contributed by atoms with Crippen LogP contribution in [0, 0.1) is 6.92 Å². The van der Waals surface area contributed by atoms with Crippen LogP contribution >= 0.6 is 23.1 Å². The zero-order chi connectivity index (χ0) is 19.9. The fourth-order valence-corrected chi connectivity index (χ4v) is 4.16. The summed E-state index contributed by atoms with van der Waals surface area (Å²) in [6, 6.07) is 16.6. The largest absolute Gasteiger partial charge is 0.345 e. The van der Waals surface area contributed by atoms with Gasteiger partial charge in [0, 0.05) is 0 Å². The highest BCUT2D eigenvalue weighted by molar-refractivity contribution is 8.01. The van der Waals surface area contributed by atoms with Crippen LogP contribution in [0.25, 0.3) is 0 Å². The lowest BCUT2D eigenvalue weighted by atomic mass is 10.1. The van der Waals surface area contributed by atoms with E-state index in [-0.39, 0.29) is 23.6 Å². The van der Waals surface area contributed by atoms with Crippen molar-refractivity contribution in [2.75, 3.05) is 11.1 Å². The lowest BCUT2D eigenvalue weighted by Gasteiger charge is -2.16. The van der Waals surface area contributed by atoms with Gasteiger partial charge in [-0.2, -0.15) is 0 Å². The normalized spacial score (nSPS) is 11.6. The first-order valence-corrected chi connectivity index (χ1v) is 10.5. The molecule has 1 atom stereocenters. The molecule has 0 aliphatic rings. The van der Waals surface area contributed by atoms with Crippen LogP contribution in [0.1, 0.15) is 33.9 Å². The van der Waals surface area contributed by atoms with Crippen molar-refractivity contribution in [3.05, 3.63) is 70.7 Å². The summed E-state index contributed by atoms with van der Waals surface area (Å²) in [6.07, 6.45) is 0. The number of aromatic nitrogens is 2. The van der Waals surface area contributed by atoms with Crippen LogP contribution in [0.5, 0.6) is 0 Å². The van der Waals surface area contributed by atoms with E-state index in [0.717, 1.165) is 14.9 Å². The molecule has 3 aromatic rings. The average molecular weight is 413 g/mol. The predicted molar refractivity (Wildman–Crippen MR) is 113 cm³/mol. The Kier molecular flexibility index (Phi) is 6.78. The second-order valence-electron chi connectivity index (χ2n) is 6.08. The van der Waals surface area contributed by atoms with E-state index in [9.17, 15) is 9.59 Å². The molecule has 0 aliphatic carbocycles. The van der Waals surface area contributed by atoms with Crippen molar-refractivity contribution in [2.24, 2.45) is 0 Å². The van der Waals surface area contributed by atoms with Gasteiger partial charge in [0.05, 0.1) is 23.0 Å². The van der Waals surface area contributed by atoms with Gasteiger partial charge in [-0.3, -0.25) is 9.59 Å². The number of rotatable bonds is 7. The molecule has 1 heterocycles. The number of aryl methyl sites for hydroxylation is 1. The molecule has 0 saturated carbocycles. The van der Waals surface area contributed by atoms with Gasteiger partial charge in [0.15, 0.2) is 4.34 Å². The Morgan fingerprint density at radius 1 is 1.07 bits per heavy atom. The smallest absolute Gasteiger partial charge is 0.253 e. The zero-order valence-corrected chi connectivity index (χ0v) is 17.1. The fourth-order valence-electron chi connectivity index (χ4n) is 2.54. The van der Waals surface area contributed by atoms with Gasteiger partial charge in [-0.15, -0.1) is 10.2 Å². The number of benzene rings is 2. The fraction of sp³-hybridized carbons (Fsp3) is 0.200. The molecular formula is C20H20N4O2S2. The first-order valence-electron chi connectivity index (χ1n) is 8.70. The summed E-state index contributed by atoms with van der Waals surface area (Å²) in [5.41, 5.74) is 1.93. The molecule has 2 aromatic carbocycles. The first kappa shape index (κ1) is 20.0. The number of hydrogen-bond donors (Lipinski definition) is 2. The highest BCUT2D eigenvalue weighted by atomic mass is 32.2. The lowest BCUT2D eigenvalue weighted by molar-refractivity contribution is -0.113. The standard InChI is InChI=1S/C20H20N4O2S2/c1-13(15-8-4-3-5-9-15)21-19(26)16-10-6-7-11-17(16)22-18(25)12-27-20-24-23-14(2)28-20/h3-11,13H,12H2,1-2H3,(H,21,26)(H,22,25)/t13-/m0/s1. The number of nitrogens with one attached hydrogen (secondary N) is 2. The van der Waals surface area contributed by atoms with Crippen LogP contribution in [-0.2, 0) is 4.79 Å². The van der Waals surface area contributed by atoms with Crippen LogP contribution in [0.2, 0.25) is 0 Å². The number of thioether (sulfide) groups is 1. The second kappa shape index (κ2) is 9.48. The molecule has 1 aromatic heterocycles. The topological polar surface area (TPSA) is 84.0 Å². The summed E-state index contributed by atoms with van der Waals surface area (Å²) in [5, 5.41) is 14.6. The maximum Gasteiger partial charge on any atom is 0.253 e. The number of hydrogen-bond acceptors (Lipinski definition) is 6. The quantitative estimate of drug-likeness (QED) is 0.572. The minimum atomic E-state index is -0.236. The molecule has 0 aliphatic heterocycles. The third-order valence-corrected chi connectivity index (χ3v) is 5.90. The van der Waals surface area contributed by atoms with Gasteiger partial charge in [0.2, 0.25) is 5.91 Å². The monoisotopic (exact) mass is 412 g/mol. The third-order valence-electron chi connectivity index (χ3n) is 3.93. The van der Waals surface area contributed by atoms with Gasteiger partial charge in [-0.25, -0.2) is 0 Å². The van der Waals surface area contributed by atoms with Crippen LogP contribution in [-0.4, -0.2) is 27.8 Å². The van der Waals surface area contributed by atoms with Crippen molar-refractivity contribution in [3.8, 4) is 0 Å². The Bertz CT molecular complexity index is 960. The van der Waals surface area contributed by atoms with Crippen molar-refractivity contribution in [3.63, 3.8) is 0 Å². The van der Waals surface area contributed by atoms with Crippen molar-refractivity contribution < 1.29 is 9.59 Å². The molecule has 2 amide bonds. The zero-order valence-electron chi connectivity index (χ0n) is 15.5. The summed E-state index contributed by atoms with van der Waals surface area (Å²) in [5.74, 6) is -0.237. The van der Waals surface area contributed by atoms with Gasteiger partial charge >= 0.3 is 0 Å². The summed E-state index contributed by atoms with van der Waals surface area (Å²) in [7, 11) is 0. The van der Waals surface area contributed by atoms with E-state index in [4.69, 9.17) is 0 Å². The maximum atomic E-state index is 12.7. The average Bonchev–Trinajstić information content (AvgIpc) is 3.12. The molecule has 0 radical (unpaired) electrons. The van der Waals surface area contributed by atoms with Crippen molar-refractivity contribution in [1.82, 2.24) is 15.5 Å². The minimum absolute atomic E-state index is 0.145. The van der Waals surface area contributed by atoms with Gasteiger partial charge in [0.1, 0.15) is 5.01 Å². The van der Waals surface area contributed by atoms with Crippen molar-refractivity contribution in [2.45, 2.75) is 24.2 Å². The van der Waals surface area contributed by atoms with Gasteiger partial charge in [-0.1, -0.05) is 65.6 Å². The number of carbonyl (C=O) groups is 2. The molecule has 8 heteroatoms. The summed E-state index contributed by atoms with van der Waals surface area (Å²) in [4.78, 5) is 25.0. The molecule has 3 rings (SSSR count). The molecule has 144 valence electrons. The van der Waals surface area contributed by atoms with Crippen LogP contribution in [0.3, 0.4) is 0 Å². The van der Waals surface area contributed by atoms with Crippen LogP contribution in [0.15, 0.2) is 58.9 Å². The molecule has 0 bridgehead atoms. The molecule has 0 fully saturated rings. The number of para-hydroxylation sites is 1. The van der Waals surface area contributed by atoms with Gasteiger partial charge < -0.3 is 10.6 Å². The first-order chi connectivity index (χ1) is 13.5. The van der Waals surface area contributed by atoms with E-state index in [0.29, 0.717) is 11.3 Å². The summed E-state index contributed by atoms with van der Waals surface area (Å²) in [6.45, 7) is 3.79. The predicted octanol–water partition coefficient (Wildman–Crippen LogP) is 4.07. The van der Waals surface area contributed by atoms with Crippen molar-refractivity contribution in [1.29, 1.82) is 0 Å². The number of amides is 2. The molecule has 0 saturated heterocycles. The van der Waals surface area contributed by atoms with Gasteiger partial charge in [0.25, 0.3) is 5.91 Å². The SMILES string of the molecule is Cc1nnc(SCC(=O)Nc2ccccc2C(=O)N[C@@H](C)c2ccccc2)s1. The molecule has 0 spiro atoms. The van der Waals surface area contributed by atoms with E-state index in [1.54, 1.807) is 24.3 Å². The Labute approximate surface area is 171 Å². The molecule has 6 nitrogen and oxygen atoms in total. The van der Waals surface area contributed by atoms with E-state index in [1.807, 2.05) is 44.2 Å². The third kappa shape index (κ3) is 5.40. The van der Waals surface area contributed by atoms with Crippen LogP contribution in [0.4, 0.5) is 5.69 Å². The molecular weight excluding hydrogens is 392 g/mol. The highest BCUT2D eigenvalue weighted by Gasteiger charge is 2.16. The van der Waals surface area contributed by atoms with E-state index >= 15 is 0 Å². The lowest BCUT2D eigenvalue weighted by Crippen LogP contribution is -2.28. The maximum absolute atomic E-state index is 12.7. The number of anilines is 1. The second-order valence-corrected chi connectivity index (χ2v) is 8.48. The number of nitrogens with zero attached hydrogens (tertiary/aromatic N) is 2. The Hall–Kier alpha value is -2.71. The molecule has 0 unspecified atom stereocenters. The van der Waals surface area contributed by atoms with Crippen molar-refractivity contribution >= 4 is 40.6 Å². The Balaban J connectivity index is 1.63. The summed E-state index contributed by atoms with van der Waals surface area (Å²) >= 11 is 2.77.